The molecule has 0 saturated heterocycles. The number of hydrogen-bond acceptors (Lipinski definition) is 3. The fraction of sp³-hybridized carbons (Fsp3) is 0.833. The van der Waals surface area contributed by atoms with E-state index >= 15 is 0 Å². The van der Waals surface area contributed by atoms with E-state index < -0.39 is 18.2 Å². The Balaban J connectivity index is 3.79. The summed E-state index contributed by atoms with van der Waals surface area (Å²) in [5.41, 5.74) is 0. The van der Waals surface area contributed by atoms with Crippen LogP contribution in [0, 0.1) is 0 Å². The Labute approximate surface area is 65.0 Å². The Kier molecular flexibility index (Phi) is 4.56. The summed E-state index contributed by atoms with van der Waals surface area (Å²) in [6.07, 6.45) is -1.90. The average Bonchev–Trinajstić information content (AvgIpc) is 1.86. The van der Waals surface area contributed by atoms with Crippen LogP contribution in [0.5, 0.6) is 0 Å². The zero-order chi connectivity index (χ0) is 8.85. The van der Waals surface area contributed by atoms with Crippen molar-refractivity contribution in [2.24, 2.45) is 0 Å². The van der Waals surface area contributed by atoms with Crippen LogP contribution in [0.1, 0.15) is 6.92 Å². The lowest BCUT2D eigenvalue weighted by atomic mass is 10.2. The molecule has 0 aliphatic carbocycles. The number of rotatable bonds is 4. The van der Waals surface area contributed by atoms with Gasteiger partial charge in [-0.3, -0.25) is 0 Å². The first-order chi connectivity index (χ1) is 5.07. The maximum Gasteiger partial charge on any atom is 0.405 e. The average molecular weight is 163 g/mol. The van der Waals surface area contributed by atoms with Crippen molar-refractivity contribution >= 4 is 6.09 Å². The van der Waals surface area contributed by atoms with E-state index in [0.717, 1.165) is 0 Å². The summed E-state index contributed by atoms with van der Waals surface area (Å²) < 4.78 is 4.68. The molecular weight excluding hydrogens is 150 g/mol. The van der Waals surface area contributed by atoms with Crippen LogP contribution >= 0.6 is 0 Å². The van der Waals surface area contributed by atoms with Crippen molar-refractivity contribution in [3.05, 3.63) is 0 Å². The minimum atomic E-state index is -1.16. The third-order valence-electron chi connectivity index (χ3n) is 1.24. The molecule has 1 amide bonds. The van der Waals surface area contributed by atoms with Crippen molar-refractivity contribution in [3.8, 4) is 0 Å². The van der Waals surface area contributed by atoms with E-state index in [9.17, 15) is 4.79 Å². The lowest BCUT2D eigenvalue weighted by Gasteiger charge is -2.18. The van der Waals surface area contributed by atoms with Crippen molar-refractivity contribution in [1.82, 2.24) is 5.32 Å². The van der Waals surface area contributed by atoms with Gasteiger partial charge in [-0.15, -0.1) is 0 Å². The van der Waals surface area contributed by atoms with Crippen LogP contribution in [0.3, 0.4) is 0 Å². The van der Waals surface area contributed by atoms with Crippen LogP contribution in [0.15, 0.2) is 0 Å². The number of aliphatic hydroxyl groups excluding tert-OH is 1. The van der Waals surface area contributed by atoms with E-state index in [1.807, 2.05) is 0 Å². The summed E-state index contributed by atoms with van der Waals surface area (Å²) in [7, 11) is 1.44. The SMILES string of the molecule is COC[C@@H](NC(=O)O)C(C)O. The van der Waals surface area contributed by atoms with Gasteiger partial charge in [-0.05, 0) is 6.92 Å². The van der Waals surface area contributed by atoms with Crippen molar-refractivity contribution < 1.29 is 19.7 Å². The van der Waals surface area contributed by atoms with Crippen LogP contribution in [0.4, 0.5) is 4.79 Å². The van der Waals surface area contributed by atoms with Crippen LogP contribution in [-0.4, -0.2) is 42.2 Å². The third kappa shape index (κ3) is 4.58. The van der Waals surface area contributed by atoms with E-state index in [4.69, 9.17) is 10.2 Å². The van der Waals surface area contributed by atoms with Gasteiger partial charge in [0, 0.05) is 7.11 Å². The molecule has 1 unspecified atom stereocenters. The first-order valence-electron chi connectivity index (χ1n) is 3.24. The predicted octanol–water partition coefficient (Wildman–Crippen LogP) is -0.350. The van der Waals surface area contributed by atoms with Crippen LogP contribution in [0.2, 0.25) is 0 Å². The molecule has 0 rings (SSSR count). The van der Waals surface area contributed by atoms with Gasteiger partial charge in [-0.2, -0.15) is 0 Å². The summed E-state index contributed by atoms with van der Waals surface area (Å²) in [6.45, 7) is 1.67. The van der Waals surface area contributed by atoms with Crippen molar-refractivity contribution in [2.45, 2.75) is 19.1 Å². The molecule has 0 aliphatic rings. The van der Waals surface area contributed by atoms with Crippen molar-refractivity contribution in [2.75, 3.05) is 13.7 Å². The molecule has 5 nitrogen and oxygen atoms in total. The summed E-state index contributed by atoms with van der Waals surface area (Å²) in [5.74, 6) is 0. The van der Waals surface area contributed by atoms with Gasteiger partial charge in [-0.25, -0.2) is 4.79 Å². The standard InChI is InChI=1S/C6H13NO4/c1-4(8)5(3-11-2)7-6(9)10/h4-5,7-8H,3H2,1-2H3,(H,9,10)/t4?,5-/m1/s1. The molecule has 0 aromatic rings. The summed E-state index contributed by atoms with van der Waals surface area (Å²) >= 11 is 0. The van der Waals surface area contributed by atoms with Gasteiger partial charge in [0.15, 0.2) is 0 Å². The number of amides is 1. The minimum Gasteiger partial charge on any atom is -0.465 e. The largest absolute Gasteiger partial charge is 0.465 e. The summed E-state index contributed by atoms with van der Waals surface area (Å²) in [6, 6.07) is -0.558. The molecule has 11 heavy (non-hydrogen) atoms. The molecule has 5 heteroatoms. The molecule has 3 N–H and O–H groups in total. The minimum absolute atomic E-state index is 0.171. The maximum absolute atomic E-state index is 10.1. The van der Waals surface area contributed by atoms with Crippen LogP contribution in [0.25, 0.3) is 0 Å². The van der Waals surface area contributed by atoms with Crippen molar-refractivity contribution in [1.29, 1.82) is 0 Å². The molecule has 0 radical (unpaired) electrons. The van der Waals surface area contributed by atoms with Gasteiger partial charge in [0.05, 0.1) is 18.8 Å². The molecule has 0 aromatic heterocycles. The van der Waals surface area contributed by atoms with Crippen LogP contribution in [-0.2, 0) is 4.74 Å². The first-order valence-corrected chi connectivity index (χ1v) is 3.24. The molecule has 0 aromatic carbocycles. The molecule has 0 saturated carbocycles. The lowest BCUT2D eigenvalue weighted by Crippen LogP contribution is -2.44. The fourth-order valence-electron chi connectivity index (χ4n) is 0.640. The molecule has 0 bridgehead atoms. The molecule has 0 aliphatic heterocycles. The highest BCUT2D eigenvalue weighted by Crippen LogP contribution is 1.92. The number of carboxylic acid groups (broad SMARTS) is 1. The number of methoxy groups -OCH3 is 1. The fourth-order valence-corrected chi connectivity index (χ4v) is 0.640. The molecule has 0 spiro atoms. The monoisotopic (exact) mass is 163 g/mol. The highest BCUT2D eigenvalue weighted by Gasteiger charge is 2.16. The second-order valence-electron chi connectivity index (χ2n) is 2.25. The van der Waals surface area contributed by atoms with E-state index in [1.54, 1.807) is 0 Å². The van der Waals surface area contributed by atoms with Gasteiger partial charge in [-0.1, -0.05) is 0 Å². The van der Waals surface area contributed by atoms with E-state index in [1.165, 1.54) is 14.0 Å². The second kappa shape index (κ2) is 4.92. The highest BCUT2D eigenvalue weighted by atomic mass is 16.5. The number of ether oxygens (including phenoxy) is 1. The van der Waals surface area contributed by atoms with E-state index in [2.05, 4.69) is 10.1 Å². The molecular formula is C6H13NO4. The number of carbonyl (C=O) groups is 1. The maximum atomic E-state index is 10.1. The summed E-state index contributed by atoms with van der Waals surface area (Å²) in [4.78, 5) is 10.1. The van der Waals surface area contributed by atoms with E-state index in [-0.39, 0.29) is 6.61 Å². The van der Waals surface area contributed by atoms with Gasteiger partial charge in [0.2, 0.25) is 0 Å². The Morgan fingerprint density at radius 1 is 1.73 bits per heavy atom. The quantitative estimate of drug-likeness (QED) is 0.529. The van der Waals surface area contributed by atoms with Gasteiger partial charge in [0.25, 0.3) is 0 Å². The second-order valence-corrected chi connectivity index (χ2v) is 2.25. The Hall–Kier alpha value is -0.810. The van der Waals surface area contributed by atoms with E-state index in [0.29, 0.717) is 0 Å². The third-order valence-corrected chi connectivity index (χ3v) is 1.24. The lowest BCUT2D eigenvalue weighted by molar-refractivity contribution is 0.0787. The Morgan fingerprint density at radius 3 is 2.55 bits per heavy atom. The van der Waals surface area contributed by atoms with Gasteiger partial charge >= 0.3 is 6.09 Å². The smallest absolute Gasteiger partial charge is 0.405 e. The molecule has 66 valence electrons. The Bertz CT molecular complexity index is 126. The highest BCUT2D eigenvalue weighted by molar-refractivity contribution is 5.64. The molecule has 2 atom stereocenters. The zero-order valence-corrected chi connectivity index (χ0v) is 6.57. The van der Waals surface area contributed by atoms with Gasteiger partial charge < -0.3 is 20.3 Å². The topological polar surface area (TPSA) is 78.8 Å². The molecule has 0 heterocycles. The zero-order valence-electron chi connectivity index (χ0n) is 6.57. The first kappa shape index (κ1) is 10.2. The van der Waals surface area contributed by atoms with Gasteiger partial charge in [0.1, 0.15) is 0 Å². The number of hydrogen-bond donors (Lipinski definition) is 3. The van der Waals surface area contributed by atoms with Crippen molar-refractivity contribution in [3.63, 3.8) is 0 Å². The number of aliphatic hydroxyl groups is 1. The van der Waals surface area contributed by atoms with Crippen LogP contribution < -0.4 is 5.32 Å². The summed E-state index contributed by atoms with van der Waals surface area (Å²) in [5, 5.41) is 19.4. The molecule has 0 fully saturated rings. The predicted molar refractivity (Wildman–Crippen MR) is 38.5 cm³/mol. The Morgan fingerprint density at radius 2 is 2.27 bits per heavy atom. The number of nitrogens with one attached hydrogen (secondary N) is 1. The normalized spacial score (nSPS) is 15.5.